The van der Waals surface area contributed by atoms with Crippen LogP contribution in [0.5, 0.6) is 0 Å². The number of benzene rings is 7. The standard InChI is InChI=1S/C45H27N3O2/c1-3-12-28(13-4-1)43-46-44(29-14-5-2-6-15-29)48-45(47-43)31-23-25-37-41(27-31)50-39-21-11-19-36(42(37)39)33-17-8-7-16-32(33)30-22-24-35-34-18-9-10-20-38(34)49-40(35)26-30/h1-27H/i1D,2D,3D,4D,5D,6D,7D,8D,9D,10D,11D,12D,13D,14D,15D,16D,17D,18D,19D,20D,21D,22D,23D,24D,25D,26D,27D. The average Bonchev–Trinajstić information content (AvgIpc) is 4.27. The fraction of sp³-hybridized carbons (Fsp3) is 0. The highest BCUT2D eigenvalue weighted by atomic mass is 16.3. The summed E-state index contributed by atoms with van der Waals surface area (Å²) in [5, 5.41) is -1.96. The van der Waals surface area contributed by atoms with E-state index in [1.54, 1.807) is 0 Å². The molecule has 0 aliphatic rings. The molecule has 0 radical (unpaired) electrons. The zero-order valence-electron chi connectivity index (χ0n) is 51.7. The summed E-state index contributed by atoms with van der Waals surface area (Å²) < 4.78 is 249. The maximum atomic E-state index is 9.56. The minimum atomic E-state index is -0.997. The Kier molecular flexibility index (Phi) is 2.79. The topological polar surface area (TPSA) is 65.0 Å². The number of rotatable bonds is 5. The highest BCUT2D eigenvalue weighted by molar-refractivity contribution is 6.14. The number of furan rings is 2. The van der Waals surface area contributed by atoms with Crippen LogP contribution in [0, 0.1) is 0 Å². The largest absolute Gasteiger partial charge is 0.456 e. The van der Waals surface area contributed by atoms with Gasteiger partial charge in [-0.25, -0.2) is 15.0 Å². The van der Waals surface area contributed by atoms with Crippen molar-refractivity contribution in [3.8, 4) is 56.4 Å². The Balaban J connectivity index is 1.34. The Labute approximate surface area is 325 Å². The third-order valence-electron chi connectivity index (χ3n) is 7.45. The van der Waals surface area contributed by atoms with E-state index in [9.17, 15) is 11.0 Å². The molecule has 0 spiro atoms. The van der Waals surface area contributed by atoms with Crippen molar-refractivity contribution >= 4 is 43.9 Å². The van der Waals surface area contributed by atoms with Gasteiger partial charge in [-0.3, -0.25) is 0 Å². The summed E-state index contributed by atoms with van der Waals surface area (Å²) in [6, 6.07) is -23.7. The Morgan fingerprint density at radius 1 is 0.340 bits per heavy atom. The summed E-state index contributed by atoms with van der Waals surface area (Å²) >= 11 is 0. The molecule has 3 heterocycles. The van der Waals surface area contributed by atoms with Crippen LogP contribution in [0.3, 0.4) is 0 Å². The summed E-state index contributed by atoms with van der Waals surface area (Å²) in [5.74, 6) is -2.40. The third kappa shape index (κ3) is 4.67. The summed E-state index contributed by atoms with van der Waals surface area (Å²) in [6.07, 6.45) is 0. The van der Waals surface area contributed by atoms with Crippen LogP contribution in [0.1, 0.15) is 37.0 Å². The van der Waals surface area contributed by atoms with Crippen LogP contribution in [-0.4, -0.2) is 15.0 Å². The van der Waals surface area contributed by atoms with Gasteiger partial charge in [0.1, 0.15) is 22.3 Å². The van der Waals surface area contributed by atoms with Crippen molar-refractivity contribution in [3.63, 3.8) is 0 Å². The van der Waals surface area contributed by atoms with Crippen molar-refractivity contribution in [2.45, 2.75) is 0 Å². The molecule has 0 aliphatic heterocycles. The molecule has 0 unspecified atom stereocenters. The Morgan fingerprint density at radius 3 is 1.60 bits per heavy atom. The molecule has 10 aromatic rings. The molecule has 50 heavy (non-hydrogen) atoms. The van der Waals surface area contributed by atoms with Gasteiger partial charge in [0.25, 0.3) is 0 Å². The Hall–Kier alpha value is -6.85. The SMILES string of the molecule is [2H]c1c([2H])c([2H])c(-c2nc(-c3c([2H])c([2H])c([2H])c([2H])c3[2H])nc(-c3c([2H])c([2H])c4c(oc5c([2H])c([2H])c([2H])c(-c6c([2H])c([2H])c([2H])c([2H])c6-c6c([2H])c([2H])c7c(oc8c([2H])c([2H])c([2H])c([2H])c87)c6[2H])c54)c3[2H])n2)c([2H])c1[2H]. The molecule has 5 heteroatoms. The van der Waals surface area contributed by atoms with Gasteiger partial charge in [0.05, 0.1) is 37.0 Å². The van der Waals surface area contributed by atoms with Gasteiger partial charge < -0.3 is 8.83 Å². The fourth-order valence-electron chi connectivity index (χ4n) is 5.29. The van der Waals surface area contributed by atoms with Crippen LogP contribution in [0.25, 0.3) is 100 Å². The molecule has 7 aromatic carbocycles. The van der Waals surface area contributed by atoms with Crippen LogP contribution in [-0.2, 0) is 0 Å². The van der Waals surface area contributed by atoms with Gasteiger partial charge >= 0.3 is 0 Å². The molecule has 3 aromatic heterocycles. The van der Waals surface area contributed by atoms with E-state index < -0.39 is 258 Å². The van der Waals surface area contributed by atoms with E-state index in [0.717, 1.165) is 0 Å². The fourth-order valence-corrected chi connectivity index (χ4v) is 5.29. The lowest BCUT2D eigenvalue weighted by atomic mass is 9.91. The summed E-state index contributed by atoms with van der Waals surface area (Å²) in [7, 11) is 0. The highest BCUT2D eigenvalue weighted by Gasteiger charge is 2.18. The lowest BCUT2D eigenvalue weighted by Crippen LogP contribution is -2.00. The zero-order valence-corrected chi connectivity index (χ0v) is 24.7. The van der Waals surface area contributed by atoms with Gasteiger partial charge in [0.15, 0.2) is 17.5 Å². The third-order valence-corrected chi connectivity index (χ3v) is 7.45. The maximum Gasteiger partial charge on any atom is 0.164 e. The molecule has 0 aliphatic carbocycles. The second-order valence-electron chi connectivity index (χ2n) is 10.3. The van der Waals surface area contributed by atoms with Gasteiger partial charge in [-0.2, -0.15) is 0 Å². The number of hydrogen-bond donors (Lipinski definition) is 0. The normalized spacial score (nSPS) is 19.2. The molecule has 0 fully saturated rings. The number of nitrogens with zero attached hydrogens (tertiary/aromatic N) is 3. The van der Waals surface area contributed by atoms with E-state index in [4.69, 9.17) is 34.9 Å². The second-order valence-corrected chi connectivity index (χ2v) is 10.3. The van der Waals surface area contributed by atoms with Crippen molar-refractivity contribution in [3.05, 3.63) is 163 Å². The lowest BCUT2D eigenvalue weighted by Gasteiger charge is -2.11. The first-order valence-electron chi connectivity index (χ1n) is 27.9. The number of fused-ring (bicyclic) bond motifs is 6. The quantitative estimate of drug-likeness (QED) is 0.183. The summed E-state index contributed by atoms with van der Waals surface area (Å²) in [4.78, 5) is 12.7. The molecule has 0 bridgehead atoms. The van der Waals surface area contributed by atoms with E-state index in [0.29, 0.717) is 0 Å². The molecule has 10 rings (SSSR count). The average molecular weight is 669 g/mol. The predicted molar refractivity (Wildman–Crippen MR) is 202 cm³/mol. The molecule has 0 N–H and O–H groups in total. The maximum absolute atomic E-state index is 9.56. The van der Waals surface area contributed by atoms with Gasteiger partial charge in [-0.05, 0) is 58.5 Å². The van der Waals surface area contributed by atoms with Crippen molar-refractivity contribution < 1.29 is 45.8 Å². The van der Waals surface area contributed by atoms with Gasteiger partial charge in [0.2, 0.25) is 0 Å². The molecular formula is C45H27N3O2. The summed E-state index contributed by atoms with van der Waals surface area (Å²) in [6.45, 7) is 0. The molecule has 0 atom stereocenters. The molecular weight excluding hydrogens is 615 g/mol. The first-order valence-corrected chi connectivity index (χ1v) is 14.4. The van der Waals surface area contributed by atoms with Crippen LogP contribution >= 0.6 is 0 Å². The molecule has 5 nitrogen and oxygen atoms in total. The molecule has 0 saturated carbocycles. The lowest BCUT2D eigenvalue weighted by molar-refractivity contribution is 0.668. The van der Waals surface area contributed by atoms with Crippen molar-refractivity contribution in [1.82, 2.24) is 15.0 Å². The summed E-state index contributed by atoms with van der Waals surface area (Å²) in [5.41, 5.74) is -7.72. The van der Waals surface area contributed by atoms with Gasteiger partial charge in [-0.1, -0.05) is 127 Å². The van der Waals surface area contributed by atoms with E-state index in [1.165, 1.54) is 0 Å². The van der Waals surface area contributed by atoms with Crippen molar-refractivity contribution in [2.75, 3.05) is 0 Å². The second kappa shape index (κ2) is 11.4. The van der Waals surface area contributed by atoms with Crippen LogP contribution in [0.2, 0.25) is 0 Å². The van der Waals surface area contributed by atoms with Crippen LogP contribution < -0.4 is 0 Å². The van der Waals surface area contributed by atoms with E-state index in [-0.39, 0.29) is 5.39 Å². The number of hydrogen-bond acceptors (Lipinski definition) is 5. The monoisotopic (exact) mass is 668 g/mol. The van der Waals surface area contributed by atoms with Crippen LogP contribution in [0.4, 0.5) is 0 Å². The molecule has 0 amide bonds. The minimum Gasteiger partial charge on any atom is -0.456 e. The first kappa shape index (κ1) is 12.2. The van der Waals surface area contributed by atoms with Gasteiger partial charge in [-0.15, -0.1) is 0 Å². The Bertz CT molecular complexity index is 4290. The van der Waals surface area contributed by atoms with Crippen molar-refractivity contribution in [2.24, 2.45) is 0 Å². The minimum absolute atomic E-state index is 0.364. The zero-order chi connectivity index (χ0) is 56.5. The van der Waals surface area contributed by atoms with Gasteiger partial charge in [0, 0.05) is 38.2 Å². The Morgan fingerprint density at radius 2 is 0.840 bits per heavy atom. The highest BCUT2D eigenvalue weighted by Crippen LogP contribution is 2.42. The molecule has 0 saturated heterocycles. The van der Waals surface area contributed by atoms with Crippen LogP contribution in [0.15, 0.2) is 172 Å². The number of aromatic nitrogens is 3. The smallest absolute Gasteiger partial charge is 0.164 e. The first-order chi connectivity index (χ1) is 36.0. The van der Waals surface area contributed by atoms with E-state index >= 15 is 0 Å². The number of para-hydroxylation sites is 1. The van der Waals surface area contributed by atoms with E-state index in [1.807, 2.05) is 0 Å². The molecule has 234 valence electrons. The van der Waals surface area contributed by atoms with Crippen molar-refractivity contribution in [1.29, 1.82) is 0 Å². The predicted octanol–water partition coefficient (Wildman–Crippen LogP) is 12.0. The van der Waals surface area contributed by atoms with E-state index in [2.05, 4.69) is 15.0 Å².